The van der Waals surface area contributed by atoms with Crippen LogP contribution in [-0.2, 0) is 13.2 Å². The Balaban J connectivity index is 1.49. The summed E-state index contributed by atoms with van der Waals surface area (Å²) in [6, 6.07) is 16.1. The lowest BCUT2D eigenvalue weighted by atomic mass is 9.87. The van der Waals surface area contributed by atoms with E-state index in [1.165, 1.54) is 44.0 Å². The summed E-state index contributed by atoms with van der Waals surface area (Å²) in [5.74, 6) is 3.53. The van der Waals surface area contributed by atoms with E-state index in [9.17, 15) is 0 Å². The molecule has 4 nitrogen and oxygen atoms in total. The highest BCUT2D eigenvalue weighted by atomic mass is 16.5. The molecule has 1 aromatic heterocycles. The molecule has 1 aliphatic carbocycles. The van der Waals surface area contributed by atoms with Crippen molar-refractivity contribution in [3.63, 3.8) is 0 Å². The van der Waals surface area contributed by atoms with Gasteiger partial charge in [-0.1, -0.05) is 44.2 Å². The second-order valence-electron chi connectivity index (χ2n) is 7.43. The molecule has 3 aromatic rings. The van der Waals surface area contributed by atoms with Gasteiger partial charge in [0.15, 0.2) is 0 Å². The van der Waals surface area contributed by atoms with E-state index in [0.29, 0.717) is 6.61 Å². The summed E-state index contributed by atoms with van der Waals surface area (Å²) in [5, 5.41) is 0. The minimum atomic E-state index is 0.478. The van der Waals surface area contributed by atoms with Gasteiger partial charge in [0.2, 0.25) is 0 Å². The fourth-order valence-electron chi connectivity index (χ4n) is 4.09. The lowest BCUT2D eigenvalue weighted by molar-refractivity contribution is 0.282. The van der Waals surface area contributed by atoms with Gasteiger partial charge in [-0.15, -0.1) is 0 Å². The Morgan fingerprint density at radius 1 is 0.963 bits per heavy atom. The number of imidazole rings is 1. The van der Waals surface area contributed by atoms with Crippen LogP contribution in [0.1, 0.15) is 44.3 Å². The molecule has 0 saturated heterocycles. The van der Waals surface area contributed by atoms with Crippen LogP contribution in [0.3, 0.4) is 0 Å². The second kappa shape index (κ2) is 8.47. The summed E-state index contributed by atoms with van der Waals surface area (Å²) >= 11 is 0. The first-order valence-electron chi connectivity index (χ1n) is 10.0. The minimum absolute atomic E-state index is 0.478. The predicted molar refractivity (Wildman–Crippen MR) is 108 cm³/mol. The molecule has 0 N–H and O–H groups in total. The maximum Gasteiger partial charge on any atom is 0.147 e. The molecule has 1 heterocycles. The van der Waals surface area contributed by atoms with Crippen molar-refractivity contribution in [2.24, 2.45) is 5.92 Å². The molecule has 0 aliphatic heterocycles. The van der Waals surface area contributed by atoms with Crippen molar-refractivity contribution in [3.05, 3.63) is 54.4 Å². The maximum absolute atomic E-state index is 6.01. The van der Waals surface area contributed by atoms with E-state index in [1.54, 1.807) is 7.11 Å². The van der Waals surface area contributed by atoms with Crippen LogP contribution in [0.15, 0.2) is 48.5 Å². The molecule has 4 heteroatoms. The van der Waals surface area contributed by atoms with E-state index in [4.69, 9.17) is 14.5 Å². The number of methoxy groups -OCH3 is 1. The summed E-state index contributed by atoms with van der Waals surface area (Å²) in [7, 11) is 1.67. The Hall–Kier alpha value is -2.49. The van der Waals surface area contributed by atoms with E-state index in [-0.39, 0.29) is 0 Å². The first kappa shape index (κ1) is 17.9. The SMILES string of the molecule is COc1ccc(OCc2nc3ccccc3n2CCC2CCCCC2)cc1. The summed E-state index contributed by atoms with van der Waals surface area (Å²) in [4.78, 5) is 4.84. The average Bonchev–Trinajstić information content (AvgIpc) is 3.09. The van der Waals surface area contributed by atoms with Gasteiger partial charge < -0.3 is 14.0 Å². The lowest BCUT2D eigenvalue weighted by Crippen LogP contribution is -2.13. The molecule has 27 heavy (non-hydrogen) atoms. The van der Waals surface area contributed by atoms with Crippen molar-refractivity contribution in [3.8, 4) is 11.5 Å². The number of aryl methyl sites for hydroxylation is 1. The van der Waals surface area contributed by atoms with Gasteiger partial charge in [-0.05, 0) is 48.7 Å². The van der Waals surface area contributed by atoms with Gasteiger partial charge in [0.1, 0.15) is 23.9 Å². The van der Waals surface area contributed by atoms with Crippen LogP contribution in [0.25, 0.3) is 11.0 Å². The van der Waals surface area contributed by atoms with Crippen LogP contribution in [-0.4, -0.2) is 16.7 Å². The highest BCUT2D eigenvalue weighted by Crippen LogP contribution is 2.28. The topological polar surface area (TPSA) is 36.3 Å². The Labute approximate surface area is 161 Å². The average molecular weight is 364 g/mol. The smallest absolute Gasteiger partial charge is 0.147 e. The van der Waals surface area contributed by atoms with Gasteiger partial charge in [-0.25, -0.2) is 4.98 Å². The van der Waals surface area contributed by atoms with Crippen LogP contribution < -0.4 is 9.47 Å². The van der Waals surface area contributed by atoms with Crippen molar-refractivity contribution in [1.82, 2.24) is 9.55 Å². The molecule has 142 valence electrons. The van der Waals surface area contributed by atoms with Crippen LogP contribution in [0, 0.1) is 5.92 Å². The molecule has 4 rings (SSSR count). The largest absolute Gasteiger partial charge is 0.497 e. The molecule has 1 saturated carbocycles. The van der Waals surface area contributed by atoms with Gasteiger partial charge in [0, 0.05) is 6.54 Å². The van der Waals surface area contributed by atoms with Gasteiger partial charge in [0.25, 0.3) is 0 Å². The Bertz CT molecular complexity index is 864. The number of fused-ring (bicyclic) bond motifs is 1. The standard InChI is InChI=1S/C23H28N2O2/c1-26-19-11-13-20(14-12-19)27-17-23-24-21-9-5-6-10-22(21)25(23)16-15-18-7-3-2-4-8-18/h5-6,9-14,18H,2-4,7-8,15-17H2,1H3. The third-order valence-electron chi connectivity index (χ3n) is 5.65. The molecule has 1 aliphatic rings. The Kier molecular flexibility index (Phi) is 5.61. The Morgan fingerprint density at radius 3 is 2.48 bits per heavy atom. The van der Waals surface area contributed by atoms with Gasteiger partial charge in [0.05, 0.1) is 18.1 Å². The zero-order valence-corrected chi connectivity index (χ0v) is 16.1. The van der Waals surface area contributed by atoms with E-state index in [0.717, 1.165) is 35.3 Å². The van der Waals surface area contributed by atoms with Crippen molar-refractivity contribution >= 4 is 11.0 Å². The zero-order chi connectivity index (χ0) is 18.5. The molecule has 0 spiro atoms. The fourth-order valence-corrected chi connectivity index (χ4v) is 4.09. The van der Waals surface area contributed by atoms with Crippen LogP contribution in [0.5, 0.6) is 11.5 Å². The molecule has 0 atom stereocenters. The van der Waals surface area contributed by atoms with Crippen molar-refractivity contribution < 1.29 is 9.47 Å². The quantitative estimate of drug-likeness (QED) is 0.548. The number of ether oxygens (including phenoxy) is 2. The summed E-state index contributed by atoms with van der Waals surface area (Å²) in [6.07, 6.45) is 8.18. The lowest BCUT2D eigenvalue weighted by Gasteiger charge is -2.22. The highest BCUT2D eigenvalue weighted by molar-refractivity contribution is 5.75. The molecule has 0 amide bonds. The molecule has 0 unspecified atom stereocenters. The molecule has 1 fully saturated rings. The molecule has 0 bridgehead atoms. The third kappa shape index (κ3) is 4.26. The molecule has 2 aromatic carbocycles. The molecular weight excluding hydrogens is 336 g/mol. The fraction of sp³-hybridized carbons (Fsp3) is 0.435. The van der Waals surface area contributed by atoms with E-state index in [1.807, 2.05) is 24.3 Å². The third-order valence-corrected chi connectivity index (χ3v) is 5.65. The molecule has 0 radical (unpaired) electrons. The number of hydrogen-bond acceptors (Lipinski definition) is 3. The van der Waals surface area contributed by atoms with Crippen molar-refractivity contribution in [2.75, 3.05) is 7.11 Å². The van der Waals surface area contributed by atoms with Gasteiger partial charge in [-0.3, -0.25) is 0 Å². The first-order valence-corrected chi connectivity index (χ1v) is 10.0. The van der Waals surface area contributed by atoms with Crippen LogP contribution in [0.2, 0.25) is 0 Å². The minimum Gasteiger partial charge on any atom is -0.497 e. The van der Waals surface area contributed by atoms with Gasteiger partial charge in [-0.2, -0.15) is 0 Å². The van der Waals surface area contributed by atoms with Crippen molar-refractivity contribution in [2.45, 2.75) is 51.7 Å². The summed E-state index contributed by atoms with van der Waals surface area (Å²) in [5.41, 5.74) is 2.26. The van der Waals surface area contributed by atoms with Crippen LogP contribution >= 0.6 is 0 Å². The first-order chi connectivity index (χ1) is 13.3. The monoisotopic (exact) mass is 364 g/mol. The number of hydrogen-bond donors (Lipinski definition) is 0. The van der Waals surface area contributed by atoms with Crippen LogP contribution in [0.4, 0.5) is 0 Å². The van der Waals surface area contributed by atoms with E-state index in [2.05, 4.69) is 28.8 Å². The highest BCUT2D eigenvalue weighted by Gasteiger charge is 2.16. The number of benzene rings is 2. The zero-order valence-electron chi connectivity index (χ0n) is 16.1. The Morgan fingerprint density at radius 2 is 1.70 bits per heavy atom. The van der Waals surface area contributed by atoms with Crippen molar-refractivity contribution in [1.29, 1.82) is 0 Å². The summed E-state index contributed by atoms with van der Waals surface area (Å²) < 4.78 is 13.6. The van der Waals surface area contributed by atoms with E-state index >= 15 is 0 Å². The summed E-state index contributed by atoms with van der Waals surface area (Å²) in [6.45, 7) is 1.50. The maximum atomic E-state index is 6.01. The van der Waals surface area contributed by atoms with Gasteiger partial charge >= 0.3 is 0 Å². The number of para-hydroxylation sites is 2. The number of aromatic nitrogens is 2. The predicted octanol–water partition coefficient (Wildman–Crippen LogP) is 5.59. The number of rotatable bonds is 7. The normalized spacial score (nSPS) is 15.1. The second-order valence-corrected chi connectivity index (χ2v) is 7.43. The molecular formula is C23H28N2O2. The van der Waals surface area contributed by atoms with E-state index < -0.39 is 0 Å². The number of nitrogens with zero attached hydrogens (tertiary/aromatic N) is 2.